The maximum absolute atomic E-state index is 12.5. The molecule has 1 unspecified atom stereocenters. The quantitative estimate of drug-likeness (QED) is 0.582. The number of amides is 1. The van der Waals surface area contributed by atoms with E-state index in [1.807, 2.05) is 30.3 Å². The highest BCUT2D eigenvalue weighted by Crippen LogP contribution is 2.30. The van der Waals surface area contributed by atoms with E-state index in [9.17, 15) is 4.79 Å². The van der Waals surface area contributed by atoms with Gasteiger partial charge in [-0.15, -0.1) is 0 Å². The molecule has 1 atom stereocenters. The fraction of sp³-hybridized carbons (Fsp3) is 0.360. The van der Waals surface area contributed by atoms with Crippen LogP contribution >= 0.6 is 0 Å². The first-order chi connectivity index (χ1) is 15.2. The SMILES string of the molecule is CCC1CCCCN1c1ccc2cccc(OCC(=O)Nc3ccccc3OC)c2n1. The number of rotatable bonds is 7. The zero-order chi connectivity index (χ0) is 21.6. The summed E-state index contributed by atoms with van der Waals surface area (Å²) in [6.07, 6.45) is 4.79. The van der Waals surface area contributed by atoms with Crippen molar-refractivity contribution in [2.75, 3.05) is 30.5 Å². The van der Waals surface area contributed by atoms with Gasteiger partial charge in [0.05, 0.1) is 12.8 Å². The number of carbonyl (C=O) groups is 1. The van der Waals surface area contributed by atoms with E-state index in [1.54, 1.807) is 19.2 Å². The van der Waals surface area contributed by atoms with Crippen LogP contribution in [0.1, 0.15) is 32.6 Å². The average molecular weight is 420 g/mol. The second-order valence-electron chi connectivity index (χ2n) is 7.79. The highest BCUT2D eigenvalue weighted by Gasteiger charge is 2.22. The Labute approximate surface area is 183 Å². The molecule has 1 N–H and O–H groups in total. The van der Waals surface area contributed by atoms with Crippen molar-refractivity contribution in [1.29, 1.82) is 0 Å². The molecular weight excluding hydrogens is 390 g/mol. The standard InChI is InChI=1S/C25H29N3O3/c1-3-19-10-6-7-16-28(19)23-15-14-18-9-8-13-22(25(18)27-23)31-17-24(29)26-20-11-4-5-12-21(20)30-2/h4-5,8-9,11-15,19H,3,6-7,10,16-17H2,1-2H3,(H,26,29). The van der Waals surface area contributed by atoms with Crippen molar-refractivity contribution in [3.8, 4) is 11.5 Å². The van der Waals surface area contributed by atoms with Gasteiger partial charge in [-0.3, -0.25) is 4.79 Å². The Bertz CT molecular complexity index is 1050. The Hall–Kier alpha value is -3.28. The third-order valence-corrected chi connectivity index (χ3v) is 5.80. The number of carbonyl (C=O) groups excluding carboxylic acids is 1. The lowest BCUT2D eigenvalue weighted by atomic mass is 10.00. The van der Waals surface area contributed by atoms with Gasteiger partial charge >= 0.3 is 0 Å². The van der Waals surface area contributed by atoms with Gasteiger partial charge < -0.3 is 19.7 Å². The number of methoxy groups -OCH3 is 1. The topological polar surface area (TPSA) is 63.7 Å². The Balaban J connectivity index is 1.51. The van der Waals surface area contributed by atoms with Crippen molar-refractivity contribution < 1.29 is 14.3 Å². The van der Waals surface area contributed by atoms with Gasteiger partial charge in [0.1, 0.15) is 22.8 Å². The zero-order valence-electron chi connectivity index (χ0n) is 18.1. The summed E-state index contributed by atoms with van der Waals surface area (Å²) in [4.78, 5) is 19.8. The predicted molar refractivity (Wildman–Crippen MR) is 124 cm³/mol. The molecule has 1 aliphatic heterocycles. The number of hydrogen-bond donors (Lipinski definition) is 1. The van der Waals surface area contributed by atoms with Crippen molar-refractivity contribution >= 4 is 28.3 Å². The lowest BCUT2D eigenvalue weighted by Gasteiger charge is -2.36. The fourth-order valence-electron chi connectivity index (χ4n) is 4.19. The molecule has 1 saturated heterocycles. The average Bonchev–Trinajstić information content (AvgIpc) is 2.82. The molecular formula is C25H29N3O3. The Morgan fingerprint density at radius 1 is 1.10 bits per heavy atom. The van der Waals surface area contributed by atoms with Crippen LogP contribution in [0.5, 0.6) is 11.5 Å². The number of nitrogens with one attached hydrogen (secondary N) is 1. The van der Waals surface area contributed by atoms with Crippen LogP contribution < -0.4 is 19.7 Å². The number of pyridine rings is 1. The molecule has 2 heterocycles. The van der Waals surface area contributed by atoms with E-state index >= 15 is 0 Å². The lowest BCUT2D eigenvalue weighted by molar-refractivity contribution is -0.118. The van der Waals surface area contributed by atoms with Crippen molar-refractivity contribution in [1.82, 2.24) is 4.98 Å². The van der Waals surface area contributed by atoms with E-state index in [0.717, 1.165) is 29.7 Å². The Morgan fingerprint density at radius 2 is 1.94 bits per heavy atom. The van der Waals surface area contributed by atoms with Gasteiger partial charge in [0.2, 0.25) is 0 Å². The number of benzene rings is 2. The minimum atomic E-state index is -0.250. The summed E-state index contributed by atoms with van der Waals surface area (Å²) in [5, 5.41) is 3.84. The van der Waals surface area contributed by atoms with E-state index in [1.165, 1.54) is 19.3 Å². The van der Waals surface area contributed by atoms with Crippen molar-refractivity contribution in [2.45, 2.75) is 38.6 Å². The molecule has 4 rings (SSSR count). The van der Waals surface area contributed by atoms with Crippen molar-refractivity contribution in [2.24, 2.45) is 0 Å². The molecule has 0 aliphatic carbocycles. The van der Waals surface area contributed by atoms with Crippen LogP contribution in [0.3, 0.4) is 0 Å². The van der Waals surface area contributed by atoms with Crippen LogP contribution in [0, 0.1) is 0 Å². The van der Waals surface area contributed by atoms with Crippen molar-refractivity contribution in [3.63, 3.8) is 0 Å². The van der Waals surface area contributed by atoms with Gasteiger partial charge in [0.25, 0.3) is 5.91 Å². The van der Waals surface area contributed by atoms with Gasteiger partial charge in [-0.05, 0) is 56.0 Å². The molecule has 6 nitrogen and oxygen atoms in total. The molecule has 1 aromatic heterocycles. The number of para-hydroxylation sites is 3. The highest BCUT2D eigenvalue weighted by molar-refractivity contribution is 5.94. The number of fused-ring (bicyclic) bond motifs is 1. The molecule has 0 radical (unpaired) electrons. The number of hydrogen-bond acceptors (Lipinski definition) is 5. The Morgan fingerprint density at radius 3 is 2.77 bits per heavy atom. The zero-order valence-corrected chi connectivity index (χ0v) is 18.1. The number of ether oxygens (including phenoxy) is 2. The molecule has 1 aliphatic rings. The van der Waals surface area contributed by atoms with E-state index in [0.29, 0.717) is 23.2 Å². The number of nitrogens with zero attached hydrogens (tertiary/aromatic N) is 2. The summed E-state index contributed by atoms with van der Waals surface area (Å²) in [6, 6.07) is 17.8. The van der Waals surface area contributed by atoms with E-state index in [2.05, 4.69) is 29.3 Å². The second kappa shape index (κ2) is 9.69. The van der Waals surface area contributed by atoms with Crippen LogP contribution in [-0.2, 0) is 4.79 Å². The molecule has 2 aromatic carbocycles. The second-order valence-corrected chi connectivity index (χ2v) is 7.79. The molecule has 31 heavy (non-hydrogen) atoms. The fourth-order valence-corrected chi connectivity index (χ4v) is 4.19. The molecule has 0 bridgehead atoms. The maximum atomic E-state index is 12.5. The molecule has 3 aromatic rings. The van der Waals surface area contributed by atoms with Crippen LogP contribution in [0.4, 0.5) is 11.5 Å². The van der Waals surface area contributed by atoms with Crippen molar-refractivity contribution in [3.05, 3.63) is 54.6 Å². The summed E-state index contributed by atoms with van der Waals surface area (Å²) in [5.41, 5.74) is 1.40. The van der Waals surface area contributed by atoms with E-state index in [-0.39, 0.29) is 12.5 Å². The Kier molecular flexibility index (Phi) is 6.55. The first kappa shape index (κ1) is 21.0. The van der Waals surface area contributed by atoms with Crippen LogP contribution in [-0.4, -0.2) is 37.2 Å². The largest absolute Gasteiger partial charge is 0.495 e. The summed E-state index contributed by atoms with van der Waals surface area (Å²) in [7, 11) is 1.58. The minimum Gasteiger partial charge on any atom is -0.495 e. The van der Waals surface area contributed by atoms with Gasteiger partial charge in [0, 0.05) is 18.0 Å². The monoisotopic (exact) mass is 419 g/mol. The lowest BCUT2D eigenvalue weighted by Crippen LogP contribution is -2.39. The summed E-state index contributed by atoms with van der Waals surface area (Å²) >= 11 is 0. The number of piperidine rings is 1. The van der Waals surface area contributed by atoms with Gasteiger partial charge in [-0.25, -0.2) is 4.98 Å². The minimum absolute atomic E-state index is 0.107. The van der Waals surface area contributed by atoms with Gasteiger partial charge in [-0.1, -0.05) is 31.2 Å². The number of aromatic nitrogens is 1. The summed E-state index contributed by atoms with van der Waals surface area (Å²) in [6.45, 7) is 3.16. The first-order valence-corrected chi connectivity index (χ1v) is 10.9. The highest BCUT2D eigenvalue weighted by atomic mass is 16.5. The molecule has 1 fully saturated rings. The number of anilines is 2. The summed E-state index contributed by atoms with van der Waals surface area (Å²) in [5.74, 6) is 1.95. The van der Waals surface area contributed by atoms with E-state index < -0.39 is 0 Å². The third-order valence-electron chi connectivity index (χ3n) is 5.80. The normalized spacial score (nSPS) is 16.2. The molecule has 0 spiro atoms. The van der Waals surface area contributed by atoms with Crippen LogP contribution in [0.25, 0.3) is 10.9 Å². The van der Waals surface area contributed by atoms with E-state index in [4.69, 9.17) is 14.5 Å². The maximum Gasteiger partial charge on any atom is 0.262 e. The van der Waals surface area contributed by atoms with Gasteiger partial charge in [-0.2, -0.15) is 0 Å². The molecule has 0 saturated carbocycles. The first-order valence-electron chi connectivity index (χ1n) is 10.9. The third kappa shape index (κ3) is 4.74. The van der Waals surface area contributed by atoms with Crippen LogP contribution in [0.15, 0.2) is 54.6 Å². The molecule has 1 amide bonds. The van der Waals surface area contributed by atoms with Gasteiger partial charge in [0.15, 0.2) is 6.61 Å². The molecule has 6 heteroatoms. The van der Waals surface area contributed by atoms with Crippen LogP contribution in [0.2, 0.25) is 0 Å². The summed E-state index contributed by atoms with van der Waals surface area (Å²) < 4.78 is 11.2. The smallest absolute Gasteiger partial charge is 0.262 e. The molecule has 162 valence electrons. The predicted octanol–water partition coefficient (Wildman–Crippen LogP) is 5.03.